The highest BCUT2D eigenvalue weighted by molar-refractivity contribution is 7.09. The summed E-state index contributed by atoms with van der Waals surface area (Å²) in [5.41, 5.74) is 1.58. The number of likely N-dealkylation sites (tertiary alicyclic amines) is 2. The summed E-state index contributed by atoms with van der Waals surface area (Å²) in [6, 6.07) is 14.9. The van der Waals surface area contributed by atoms with E-state index in [9.17, 15) is 4.39 Å². The molecule has 6 rings (SSSR count). The largest absolute Gasteiger partial charge is 0.373 e. The molecule has 3 aromatic heterocycles. The summed E-state index contributed by atoms with van der Waals surface area (Å²) in [5, 5.41) is 2.09. The van der Waals surface area contributed by atoms with Crippen molar-refractivity contribution in [3.05, 3.63) is 83.1 Å². The highest BCUT2D eigenvalue weighted by Crippen LogP contribution is 2.39. The third kappa shape index (κ3) is 4.80. The third-order valence-corrected chi connectivity index (χ3v) is 8.74. The van der Waals surface area contributed by atoms with Crippen molar-refractivity contribution in [3.8, 4) is 11.5 Å². The topological polar surface area (TPSA) is 37.2 Å². The molecule has 0 saturated carbocycles. The van der Waals surface area contributed by atoms with Crippen LogP contribution in [0.2, 0.25) is 0 Å². The van der Waals surface area contributed by atoms with Gasteiger partial charge in [0.25, 0.3) is 0 Å². The second-order valence-electron chi connectivity index (χ2n) is 10.1. The second kappa shape index (κ2) is 9.99. The number of halogens is 2. The van der Waals surface area contributed by atoms with Gasteiger partial charge in [-0.1, -0.05) is 18.7 Å². The minimum Gasteiger partial charge on any atom is -0.373 e. The Kier molecular flexibility index (Phi) is 6.55. The van der Waals surface area contributed by atoms with Crippen LogP contribution in [0.4, 0.5) is 8.78 Å². The number of allylic oxidation sites excluding steroid dienone is 1. The van der Waals surface area contributed by atoms with Crippen molar-refractivity contribution >= 4 is 22.4 Å². The number of pyridine rings is 1. The number of hydrogen-bond acceptors (Lipinski definition) is 5. The lowest BCUT2D eigenvalue weighted by Crippen LogP contribution is -2.47. The van der Waals surface area contributed by atoms with E-state index in [0.717, 1.165) is 62.6 Å². The number of fused-ring (bicyclic) bond motifs is 1. The fraction of sp³-hybridized carbons (Fsp3) is 0.379. The van der Waals surface area contributed by atoms with Gasteiger partial charge in [-0.2, -0.15) is 0 Å². The fourth-order valence-corrected chi connectivity index (χ4v) is 6.52. The molecule has 0 spiro atoms. The Morgan fingerprint density at radius 2 is 1.86 bits per heavy atom. The van der Waals surface area contributed by atoms with Crippen LogP contribution in [0, 0.1) is 5.82 Å². The van der Waals surface area contributed by atoms with Crippen LogP contribution in [0.1, 0.15) is 36.6 Å². The Labute approximate surface area is 220 Å². The minimum atomic E-state index is -1.35. The molecule has 2 aliphatic heterocycles. The van der Waals surface area contributed by atoms with Gasteiger partial charge < -0.3 is 9.47 Å². The highest BCUT2D eigenvalue weighted by atomic mass is 32.1. The predicted molar refractivity (Wildman–Crippen MR) is 145 cm³/mol. The summed E-state index contributed by atoms with van der Waals surface area (Å²) in [7, 11) is 0. The number of nitrogens with zero attached hydrogens (tertiary/aromatic N) is 5. The van der Waals surface area contributed by atoms with Crippen molar-refractivity contribution in [2.24, 2.45) is 0 Å². The number of aromatic nitrogens is 3. The zero-order chi connectivity index (χ0) is 25.4. The molecule has 8 heteroatoms. The van der Waals surface area contributed by atoms with E-state index in [-0.39, 0.29) is 11.9 Å². The Morgan fingerprint density at radius 1 is 1.05 bits per heavy atom. The Morgan fingerprint density at radius 3 is 2.57 bits per heavy atom. The van der Waals surface area contributed by atoms with E-state index in [1.807, 2.05) is 18.2 Å². The van der Waals surface area contributed by atoms with E-state index >= 15 is 4.39 Å². The molecule has 0 N–H and O–H groups in total. The van der Waals surface area contributed by atoms with Crippen molar-refractivity contribution < 1.29 is 8.78 Å². The van der Waals surface area contributed by atoms with Crippen molar-refractivity contribution in [2.45, 2.75) is 43.9 Å². The maximum atomic E-state index is 16.1. The van der Waals surface area contributed by atoms with Crippen LogP contribution in [0.15, 0.2) is 72.4 Å². The summed E-state index contributed by atoms with van der Waals surface area (Å²) in [6.45, 7) is 8.10. The Balaban J connectivity index is 1.15. The molecule has 5 heterocycles. The maximum Gasteiger partial charge on any atom is 0.160 e. The quantitative estimate of drug-likeness (QED) is 0.293. The fourth-order valence-electron chi connectivity index (χ4n) is 5.77. The zero-order valence-electron chi connectivity index (χ0n) is 20.8. The maximum absolute atomic E-state index is 16.1. The summed E-state index contributed by atoms with van der Waals surface area (Å²) in [4.78, 5) is 15.1. The number of imidazole rings is 1. The van der Waals surface area contributed by atoms with Gasteiger partial charge in [-0.3, -0.25) is 9.88 Å². The van der Waals surface area contributed by atoms with Crippen molar-refractivity contribution in [2.75, 3.05) is 26.2 Å². The molecule has 0 radical (unpaired) electrons. The molecule has 37 heavy (non-hydrogen) atoms. The molecule has 0 bridgehead atoms. The van der Waals surface area contributed by atoms with Crippen LogP contribution < -0.4 is 0 Å². The van der Waals surface area contributed by atoms with Gasteiger partial charge in [0.2, 0.25) is 0 Å². The van der Waals surface area contributed by atoms with Gasteiger partial charge in [-0.15, -0.1) is 11.3 Å². The molecular formula is C29H31F2N5S. The molecule has 5 nitrogen and oxygen atoms in total. The summed E-state index contributed by atoms with van der Waals surface area (Å²) >= 11 is 1.76. The van der Waals surface area contributed by atoms with E-state index in [1.54, 1.807) is 23.6 Å². The first kappa shape index (κ1) is 24.2. The van der Waals surface area contributed by atoms with Crippen LogP contribution in [0.3, 0.4) is 0 Å². The van der Waals surface area contributed by atoms with Crippen LogP contribution in [-0.2, 0) is 6.54 Å². The molecule has 2 saturated heterocycles. The monoisotopic (exact) mass is 519 g/mol. The molecule has 0 amide bonds. The van der Waals surface area contributed by atoms with Gasteiger partial charge in [0, 0.05) is 61.6 Å². The lowest BCUT2D eigenvalue weighted by Gasteiger charge is -2.44. The molecule has 2 aliphatic rings. The molecule has 1 aromatic carbocycles. The van der Waals surface area contributed by atoms with Crippen LogP contribution in [0.25, 0.3) is 22.6 Å². The summed E-state index contributed by atoms with van der Waals surface area (Å²) in [5.74, 6) is 0.448. The zero-order valence-corrected chi connectivity index (χ0v) is 21.6. The lowest BCUT2D eigenvalue weighted by molar-refractivity contribution is 0.0526. The number of rotatable bonds is 6. The highest BCUT2D eigenvalue weighted by Gasteiger charge is 2.40. The van der Waals surface area contributed by atoms with Crippen LogP contribution in [-0.4, -0.2) is 56.2 Å². The van der Waals surface area contributed by atoms with E-state index in [2.05, 4.69) is 43.4 Å². The van der Waals surface area contributed by atoms with Gasteiger partial charge in [0.15, 0.2) is 11.5 Å². The van der Waals surface area contributed by atoms with Gasteiger partial charge >= 0.3 is 0 Å². The Bertz CT molecular complexity index is 1370. The summed E-state index contributed by atoms with van der Waals surface area (Å²) in [6.07, 6.45) is 4.39. The first-order chi connectivity index (χ1) is 18.0. The van der Waals surface area contributed by atoms with E-state index in [4.69, 9.17) is 4.98 Å². The molecule has 192 valence electrons. The number of thiophene rings is 1. The second-order valence-corrected chi connectivity index (χ2v) is 11.2. The normalized spacial score (nSPS) is 18.9. The average molecular weight is 520 g/mol. The van der Waals surface area contributed by atoms with Gasteiger partial charge in [-0.05, 0) is 61.4 Å². The van der Waals surface area contributed by atoms with Crippen LogP contribution >= 0.6 is 11.3 Å². The lowest BCUT2D eigenvalue weighted by atomic mass is 9.88. The minimum absolute atomic E-state index is 0.166. The summed E-state index contributed by atoms with van der Waals surface area (Å²) < 4.78 is 32.3. The number of alkyl halides is 1. The van der Waals surface area contributed by atoms with E-state index in [1.165, 1.54) is 17.0 Å². The number of piperidine rings is 2. The Hall–Kier alpha value is -3.10. The SMILES string of the molecule is C=C(N1CCC(n2c(-c3ccccn3)nc3cc(F)ccc32)CC1)C1(F)CCN(Cc2cccs2)CC1. The molecule has 4 aromatic rings. The first-order valence-corrected chi connectivity index (χ1v) is 13.8. The van der Waals surface area contributed by atoms with Gasteiger partial charge in [0.1, 0.15) is 11.5 Å². The first-order valence-electron chi connectivity index (χ1n) is 13.0. The molecule has 2 fully saturated rings. The van der Waals surface area contributed by atoms with E-state index in [0.29, 0.717) is 24.1 Å². The van der Waals surface area contributed by atoms with Gasteiger partial charge in [-0.25, -0.2) is 13.8 Å². The van der Waals surface area contributed by atoms with E-state index < -0.39 is 5.67 Å². The molecule has 0 aliphatic carbocycles. The van der Waals surface area contributed by atoms with Crippen LogP contribution in [0.5, 0.6) is 0 Å². The smallest absolute Gasteiger partial charge is 0.160 e. The predicted octanol–water partition coefficient (Wildman–Crippen LogP) is 6.45. The number of hydrogen-bond donors (Lipinski definition) is 0. The average Bonchev–Trinajstić information content (AvgIpc) is 3.58. The molecule has 0 unspecified atom stereocenters. The molecular weight excluding hydrogens is 488 g/mol. The molecule has 0 atom stereocenters. The van der Waals surface area contributed by atoms with Crippen molar-refractivity contribution in [1.82, 2.24) is 24.3 Å². The number of benzene rings is 1. The van der Waals surface area contributed by atoms with Crippen molar-refractivity contribution in [1.29, 1.82) is 0 Å². The van der Waals surface area contributed by atoms with Crippen molar-refractivity contribution in [3.63, 3.8) is 0 Å². The standard InChI is InChI=1S/C29H31F2N5S/c1-21(29(31)11-16-34(17-12-29)20-24-5-4-18-37-24)35-14-9-23(10-15-35)36-27-8-7-22(30)19-26(27)33-28(36)25-6-2-3-13-32-25/h2-8,13,18-19,23H,1,9-12,14-17,20H2. The van der Waals surface area contributed by atoms with Gasteiger partial charge in [0.05, 0.1) is 11.0 Å². The third-order valence-electron chi connectivity index (χ3n) is 7.88.